The van der Waals surface area contributed by atoms with Gasteiger partial charge in [0.1, 0.15) is 18.8 Å². The van der Waals surface area contributed by atoms with Crippen LogP contribution in [0.1, 0.15) is 60.8 Å². The van der Waals surface area contributed by atoms with E-state index in [-0.39, 0.29) is 5.92 Å². The number of hydrogen-bond donors (Lipinski definition) is 1. The van der Waals surface area contributed by atoms with Gasteiger partial charge in [-0.15, -0.1) is 0 Å². The van der Waals surface area contributed by atoms with Gasteiger partial charge in [0.25, 0.3) is 0 Å². The van der Waals surface area contributed by atoms with Gasteiger partial charge in [0.05, 0.1) is 39.4 Å². The van der Waals surface area contributed by atoms with E-state index in [9.17, 15) is 5.11 Å². The Morgan fingerprint density at radius 2 is 1.82 bits per heavy atom. The fourth-order valence-electron chi connectivity index (χ4n) is 4.93. The van der Waals surface area contributed by atoms with Crippen LogP contribution in [0.4, 0.5) is 0 Å². The van der Waals surface area contributed by atoms with E-state index >= 15 is 0 Å². The third-order valence-corrected chi connectivity index (χ3v) is 7.09. The highest BCUT2D eigenvalue weighted by atomic mass is 35.5. The van der Waals surface area contributed by atoms with Crippen LogP contribution in [0.2, 0.25) is 5.02 Å². The molecule has 1 aliphatic rings. The number of aromatic hydroxyl groups is 1. The maximum atomic E-state index is 10.6. The van der Waals surface area contributed by atoms with Gasteiger partial charge in [0, 0.05) is 10.6 Å². The number of nitrogens with zero attached hydrogens (tertiary/aromatic N) is 2. The Morgan fingerprint density at radius 3 is 2.56 bits per heavy atom. The van der Waals surface area contributed by atoms with Gasteiger partial charge >= 0.3 is 0 Å². The van der Waals surface area contributed by atoms with E-state index in [1.54, 1.807) is 6.07 Å². The summed E-state index contributed by atoms with van der Waals surface area (Å²) in [4.78, 5) is 4.71. The highest BCUT2D eigenvalue weighted by Crippen LogP contribution is 2.43. The zero-order chi connectivity index (χ0) is 24.0. The largest absolute Gasteiger partial charge is 0.508 e. The smallest absolute Gasteiger partial charge is 0.202 e. The van der Waals surface area contributed by atoms with Gasteiger partial charge < -0.3 is 18.7 Å². The minimum absolute atomic E-state index is 0.00595. The molecule has 1 atom stereocenters. The van der Waals surface area contributed by atoms with Gasteiger partial charge in [0.2, 0.25) is 5.89 Å². The van der Waals surface area contributed by atoms with Crippen LogP contribution in [-0.4, -0.2) is 41.8 Å². The Bertz CT molecular complexity index is 1040. The average molecular weight is 484 g/mol. The van der Waals surface area contributed by atoms with Crippen molar-refractivity contribution < 1.29 is 18.7 Å². The summed E-state index contributed by atoms with van der Waals surface area (Å²) in [5, 5.41) is 11.3. The number of quaternary nitrogens is 1. The highest BCUT2D eigenvalue weighted by molar-refractivity contribution is 6.30. The Kier molecular flexibility index (Phi) is 8.30. The second-order valence-electron chi connectivity index (χ2n) is 10.1. The van der Waals surface area contributed by atoms with Crippen molar-refractivity contribution in [1.29, 1.82) is 0 Å². The van der Waals surface area contributed by atoms with E-state index in [1.165, 1.54) is 19.3 Å². The zero-order valence-corrected chi connectivity index (χ0v) is 21.0. The van der Waals surface area contributed by atoms with Gasteiger partial charge in [-0.25, -0.2) is 4.98 Å². The van der Waals surface area contributed by atoms with Gasteiger partial charge in [0.15, 0.2) is 5.76 Å². The Labute approximate surface area is 207 Å². The third-order valence-electron chi connectivity index (χ3n) is 6.84. The minimum Gasteiger partial charge on any atom is -0.508 e. The number of likely N-dealkylation sites (N-methyl/N-ethyl adjacent to an activating group) is 1. The van der Waals surface area contributed by atoms with Crippen LogP contribution in [0.3, 0.4) is 0 Å². The summed E-state index contributed by atoms with van der Waals surface area (Å²) < 4.78 is 13.0. The Morgan fingerprint density at radius 1 is 1.09 bits per heavy atom. The number of rotatable bonds is 10. The van der Waals surface area contributed by atoms with Crippen molar-refractivity contribution in [3.63, 3.8) is 0 Å². The van der Waals surface area contributed by atoms with E-state index < -0.39 is 0 Å². The first-order valence-electron chi connectivity index (χ1n) is 12.3. The van der Waals surface area contributed by atoms with Gasteiger partial charge in [-0.05, 0) is 42.5 Å². The number of ether oxygens (including phenoxy) is 1. The number of phenolic OH excluding ortho intramolecular Hbond substituents is 1. The maximum absolute atomic E-state index is 10.6. The zero-order valence-electron chi connectivity index (χ0n) is 20.3. The number of benzene rings is 2. The fraction of sp³-hybridized carbons (Fsp3) is 0.464. The molecule has 0 aliphatic heterocycles. The summed E-state index contributed by atoms with van der Waals surface area (Å²) in [6, 6.07) is 15.4. The number of phenols is 1. The monoisotopic (exact) mass is 483 g/mol. The Hall–Kier alpha value is -2.34. The predicted octanol–water partition coefficient (Wildman–Crippen LogP) is 6.54. The molecule has 0 amide bonds. The lowest BCUT2D eigenvalue weighted by Crippen LogP contribution is -2.41. The first kappa shape index (κ1) is 24.8. The number of para-hydroxylation sites is 1. The first-order valence-corrected chi connectivity index (χ1v) is 12.7. The fourth-order valence-corrected chi connectivity index (χ4v) is 5.06. The molecule has 0 bridgehead atoms. The third kappa shape index (κ3) is 6.62. The summed E-state index contributed by atoms with van der Waals surface area (Å²) in [5.74, 6) is 2.36. The van der Waals surface area contributed by atoms with E-state index in [0.29, 0.717) is 24.9 Å². The molecule has 2 aromatic carbocycles. The second kappa shape index (κ2) is 11.4. The van der Waals surface area contributed by atoms with Crippen molar-refractivity contribution in [3.8, 4) is 5.75 Å². The summed E-state index contributed by atoms with van der Waals surface area (Å²) >= 11 is 5.95. The van der Waals surface area contributed by atoms with Crippen molar-refractivity contribution in [1.82, 2.24) is 4.98 Å². The van der Waals surface area contributed by atoms with Crippen LogP contribution in [-0.2, 0) is 17.9 Å². The van der Waals surface area contributed by atoms with E-state index in [4.69, 9.17) is 25.7 Å². The van der Waals surface area contributed by atoms with Crippen molar-refractivity contribution in [2.24, 2.45) is 5.92 Å². The topological polar surface area (TPSA) is 55.5 Å². The lowest BCUT2D eigenvalue weighted by Gasteiger charge is -2.29. The van der Waals surface area contributed by atoms with Crippen LogP contribution >= 0.6 is 11.6 Å². The molecule has 1 fully saturated rings. The van der Waals surface area contributed by atoms with Gasteiger partial charge in [-0.2, -0.15) is 0 Å². The molecule has 1 heterocycles. The van der Waals surface area contributed by atoms with Crippen LogP contribution in [0.15, 0.2) is 59.1 Å². The van der Waals surface area contributed by atoms with Crippen LogP contribution in [0.25, 0.3) is 0 Å². The summed E-state index contributed by atoms with van der Waals surface area (Å²) in [6.07, 6.45) is 7.88. The molecule has 1 saturated carbocycles. The standard InChI is InChI=1S/C28H35ClN2O3/c1-31(2,16-17-33-20-21-12-14-23(29)15-13-21)19-24-18-30-28(34-24)27(22-8-4-3-5-9-22)25-10-6-7-11-26(25)32/h6-7,10-15,18,22,27H,3-5,8-9,16-17,19-20H2,1-2H3/p+1/t27-/m1/s1. The summed E-state index contributed by atoms with van der Waals surface area (Å²) in [5.41, 5.74) is 2.04. The SMILES string of the molecule is C[N+](C)(CCOCc1ccc(Cl)cc1)Cc1cnc([C@@H](c2ccccc2O)C2CCCCC2)o1. The number of oxazole rings is 1. The molecule has 0 spiro atoms. The molecule has 6 heteroatoms. The molecule has 0 unspecified atom stereocenters. The highest BCUT2D eigenvalue weighted by Gasteiger charge is 2.32. The van der Waals surface area contributed by atoms with Crippen molar-refractivity contribution >= 4 is 11.6 Å². The summed E-state index contributed by atoms with van der Waals surface area (Å²) in [7, 11) is 4.35. The molecule has 1 aromatic heterocycles. The van der Waals surface area contributed by atoms with Crippen LogP contribution < -0.4 is 0 Å². The molecule has 1 aliphatic carbocycles. The molecule has 182 valence electrons. The molecule has 0 radical (unpaired) electrons. The molecule has 0 saturated heterocycles. The average Bonchev–Trinajstić information content (AvgIpc) is 3.27. The predicted molar refractivity (Wildman–Crippen MR) is 135 cm³/mol. The maximum Gasteiger partial charge on any atom is 0.202 e. The molecular weight excluding hydrogens is 448 g/mol. The van der Waals surface area contributed by atoms with Gasteiger partial charge in [-0.3, -0.25) is 0 Å². The first-order chi connectivity index (χ1) is 16.4. The quantitative estimate of drug-likeness (QED) is 0.263. The number of halogens is 1. The second-order valence-corrected chi connectivity index (χ2v) is 10.5. The minimum atomic E-state index is -0.00595. The summed E-state index contributed by atoms with van der Waals surface area (Å²) in [6.45, 7) is 2.82. The molecular formula is C28H36ClN2O3+. The van der Waals surface area contributed by atoms with E-state index in [2.05, 4.69) is 14.1 Å². The lowest BCUT2D eigenvalue weighted by atomic mass is 9.76. The molecule has 5 nitrogen and oxygen atoms in total. The van der Waals surface area contributed by atoms with E-state index in [0.717, 1.165) is 58.2 Å². The Balaban J connectivity index is 1.39. The van der Waals surface area contributed by atoms with Crippen LogP contribution in [0, 0.1) is 5.92 Å². The molecule has 1 N–H and O–H groups in total. The van der Waals surface area contributed by atoms with Crippen molar-refractivity contribution in [2.45, 2.75) is 51.2 Å². The number of aromatic nitrogens is 1. The molecule has 3 aromatic rings. The van der Waals surface area contributed by atoms with Gasteiger partial charge in [-0.1, -0.05) is 61.2 Å². The molecule has 4 rings (SSSR count). The number of hydrogen-bond acceptors (Lipinski definition) is 4. The molecule has 34 heavy (non-hydrogen) atoms. The van der Waals surface area contributed by atoms with Crippen LogP contribution in [0.5, 0.6) is 5.75 Å². The van der Waals surface area contributed by atoms with E-state index in [1.807, 2.05) is 48.7 Å². The van der Waals surface area contributed by atoms with Crippen molar-refractivity contribution in [2.75, 3.05) is 27.2 Å². The van der Waals surface area contributed by atoms with Crippen molar-refractivity contribution in [3.05, 3.63) is 82.5 Å². The lowest BCUT2D eigenvalue weighted by molar-refractivity contribution is -0.905. The normalized spacial score (nSPS) is 16.0.